The van der Waals surface area contributed by atoms with E-state index in [2.05, 4.69) is 10.3 Å². The Bertz CT molecular complexity index is 1110. The van der Waals surface area contributed by atoms with Gasteiger partial charge < -0.3 is 14.8 Å². The number of hydrogen-bond donors (Lipinski definition) is 1. The number of urea groups is 1. The molecule has 148 valence electrons. The molecule has 4 rings (SSSR count). The molecule has 4 amide bonds. The molecule has 0 bridgehead atoms. The van der Waals surface area contributed by atoms with Crippen molar-refractivity contribution in [2.24, 2.45) is 14.1 Å². The second-order valence-electron chi connectivity index (χ2n) is 6.96. The molecular weight excluding hydrogens is 370 g/mol. The molecule has 0 aliphatic carbocycles. The number of hydrogen-bond acceptors (Lipinski definition) is 6. The quantitative estimate of drug-likeness (QED) is 0.582. The van der Waals surface area contributed by atoms with Crippen LogP contribution in [0.2, 0.25) is 0 Å². The minimum atomic E-state index is -0.526. The van der Waals surface area contributed by atoms with Crippen molar-refractivity contribution in [2.75, 3.05) is 19.6 Å². The lowest BCUT2D eigenvalue weighted by Gasteiger charge is -2.21. The van der Waals surface area contributed by atoms with Crippen molar-refractivity contribution in [1.29, 1.82) is 0 Å². The summed E-state index contributed by atoms with van der Waals surface area (Å²) in [7, 11) is 2.87. The minimum absolute atomic E-state index is 0.0215. The number of imidazole rings is 1. The van der Waals surface area contributed by atoms with Crippen LogP contribution in [0.4, 0.5) is 4.79 Å². The molecule has 12 heteroatoms. The lowest BCUT2D eigenvalue weighted by Crippen LogP contribution is -2.43. The Morgan fingerprint density at radius 1 is 1.21 bits per heavy atom. The van der Waals surface area contributed by atoms with Crippen LogP contribution < -0.4 is 16.6 Å². The highest BCUT2D eigenvalue weighted by molar-refractivity contribution is 6.02. The fraction of sp³-hybridized carbons (Fsp3) is 0.500. The summed E-state index contributed by atoms with van der Waals surface area (Å²) in [4.78, 5) is 67.6. The van der Waals surface area contributed by atoms with Gasteiger partial charge in [-0.25, -0.2) is 14.6 Å². The van der Waals surface area contributed by atoms with E-state index in [1.165, 1.54) is 34.5 Å². The molecule has 2 aromatic rings. The van der Waals surface area contributed by atoms with Crippen molar-refractivity contribution in [3.8, 4) is 0 Å². The Balaban J connectivity index is 1.55. The highest BCUT2D eigenvalue weighted by Gasteiger charge is 2.39. The van der Waals surface area contributed by atoms with Crippen LogP contribution in [-0.2, 0) is 30.2 Å². The molecule has 0 aromatic carbocycles. The van der Waals surface area contributed by atoms with Crippen LogP contribution in [0.25, 0.3) is 11.2 Å². The van der Waals surface area contributed by atoms with E-state index in [4.69, 9.17) is 0 Å². The molecule has 2 fully saturated rings. The Labute approximate surface area is 157 Å². The Morgan fingerprint density at radius 2 is 1.96 bits per heavy atom. The van der Waals surface area contributed by atoms with Crippen molar-refractivity contribution in [3.05, 3.63) is 27.2 Å². The highest BCUT2D eigenvalue weighted by atomic mass is 16.2. The number of aryl methyl sites for hydroxylation is 1. The first kappa shape index (κ1) is 17.9. The molecule has 2 aromatic heterocycles. The zero-order chi connectivity index (χ0) is 20.2. The molecule has 12 nitrogen and oxygen atoms in total. The number of carbonyl (C=O) groups excluding carboxylic acids is 3. The Hall–Kier alpha value is -3.44. The van der Waals surface area contributed by atoms with Crippen LogP contribution in [0.3, 0.4) is 0 Å². The third-order valence-corrected chi connectivity index (χ3v) is 5.28. The minimum Gasteiger partial charge on any atom is -0.339 e. The maximum absolute atomic E-state index is 12.7. The van der Waals surface area contributed by atoms with Gasteiger partial charge in [0.05, 0.1) is 18.9 Å². The van der Waals surface area contributed by atoms with Gasteiger partial charge in [-0.1, -0.05) is 0 Å². The number of amides is 4. The lowest BCUT2D eigenvalue weighted by molar-refractivity contribution is -0.132. The van der Waals surface area contributed by atoms with Crippen LogP contribution in [0.5, 0.6) is 0 Å². The van der Waals surface area contributed by atoms with Gasteiger partial charge in [-0.2, -0.15) is 0 Å². The maximum atomic E-state index is 12.7. The predicted octanol–water partition coefficient (Wildman–Crippen LogP) is -2.41. The first-order valence-electron chi connectivity index (χ1n) is 8.78. The van der Waals surface area contributed by atoms with Crippen molar-refractivity contribution < 1.29 is 14.4 Å². The van der Waals surface area contributed by atoms with E-state index in [1.54, 1.807) is 4.90 Å². The average molecular weight is 389 g/mol. The normalized spacial score (nSPS) is 19.7. The van der Waals surface area contributed by atoms with Gasteiger partial charge in [0.2, 0.25) is 11.8 Å². The SMILES string of the molecule is Cn1c(=O)c2c(ncn2CC(=O)N2CCC(N3C(=O)CNC3=O)C2)n(C)c1=O. The van der Waals surface area contributed by atoms with Crippen molar-refractivity contribution in [2.45, 2.75) is 19.0 Å². The predicted molar refractivity (Wildman–Crippen MR) is 95.4 cm³/mol. The number of nitrogens with one attached hydrogen (secondary N) is 1. The van der Waals surface area contributed by atoms with E-state index in [0.29, 0.717) is 13.0 Å². The largest absolute Gasteiger partial charge is 0.339 e. The van der Waals surface area contributed by atoms with Gasteiger partial charge in [-0.3, -0.25) is 28.4 Å². The Kier molecular flexibility index (Phi) is 4.05. The molecule has 28 heavy (non-hydrogen) atoms. The third kappa shape index (κ3) is 2.60. The van der Waals surface area contributed by atoms with Crippen LogP contribution >= 0.6 is 0 Å². The molecular formula is C16H19N7O5. The number of carbonyl (C=O) groups is 3. The molecule has 0 saturated carbocycles. The van der Waals surface area contributed by atoms with Gasteiger partial charge in [0, 0.05) is 27.2 Å². The lowest BCUT2D eigenvalue weighted by atomic mass is 10.2. The number of fused-ring (bicyclic) bond motifs is 1. The van der Waals surface area contributed by atoms with Gasteiger partial charge in [-0.15, -0.1) is 0 Å². The molecule has 1 N–H and O–H groups in total. The molecule has 2 aliphatic rings. The summed E-state index contributed by atoms with van der Waals surface area (Å²) < 4.78 is 3.64. The van der Waals surface area contributed by atoms with Gasteiger partial charge in [0.15, 0.2) is 11.2 Å². The van der Waals surface area contributed by atoms with Crippen LogP contribution in [0, 0.1) is 0 Å². The van der Waals surface area contributed by atoms with Gasteiger partial charge in [-0.05, 0) is 6.42 Å². The maximum Gasteiger partial charge on any atom is 0.332 e. The second kappa shape index (κ2) is 6.32. The first-order chi connectivity index (χ1) is 13.3. The van der Waals surface area contributed by atoms with E-state index in [1.807, 2.05) is 0 Å². The zero-order valence-corrected chi connectivity index (χ0v) is 15.4. The average Bonchev–Trinajstić information content (AvgIpc) is 3.37. The number of rotatable bonds is 3. The van der Waals surface area contributed by atoms with E-state index < -0.39 is 17.3 Å². The summed E-state index contributed by atoms with van der Waals surface area (Å²) in [6.07, 6.45) is 1.86. The number of nitrogens with zero attached hydrogens (tertiary/aromatic N) is 6. The van der Waals surface area contributed by atoms with E-state index in [0.717, 1.165) is 4.57 Å². The standard InChI is InChI=1S/C16H19N7O5/c1-19-13-12(14(26)20(2)16(19)28)22(8-18-13)7-11(25)21-4-3-9(6-21)23-10(24)5-17-15(23)27/h8-9H,3-7H2,1-2H3,(H,17,27). The molecule has 4 heterocycles. The second-order valence-corrected chi connectivity index (χ2v) is 6.96. The van der Waals surface area contributed by atoms with Gasteiger partial charge >= 0.3 is 11.7 Å². The molecule has 1 atom stereocenters. The fourth-order valence-corrected chi connectivity index (χ4v) is 3.75. The van der Waals surface area contributed by atoms with Crippen molar-refractivity contribution in [3.63, 3.8) is 0 Å². The topological polar surface area (TPSA) is 132 Å². The molecule has 0 spiro atoms. The highest BCUT2D eigenvalue weighted by Crippen LogP contribution is 2.19. The molecule has 2 aliphatic heterocycles. The third-order valence-electron chi connectivity index (χ3n) is 5.28. The monoisotopic (exact) mass is 389 g/mol. The fourth-order valence-electron chi connectivity index (χ4n) is 3.75. The zero-order valence-electron chi connectivity index (χ0n) is 15.4. The van der Waals surface area contributed by atoms with Crippen molar-refractivity contribution in [1.82, 2.24) is 33.8 Å². The number of likely N-dealkylation sites (tertiary alicyclic amines) is 1. The van der Waals surface area contributed by atoms with E-state index >= 15 is 0 Å². The summed E-state index contributed by atoms with van der Waals surface area (Å²) in [5, 5.41) is 2.47. The van der Waals surface area contributed by atoms with Crippen LogP contribution in [0.15, 0.2) is 15.9 Å². The first-order valence-corrected chi connectivity index (χ1v) is 8.78. The molecule has 2 saturated heterocycles. The van der Waals surface area contributed by atoms with Crippen molar-refractivity contribution >= 4 is 29.0 Å². The summed E-state index contributed by atoms with van der Waals surface area (Å²) >= 11 is 0. The number of aromatic nitrogens is 4. The molecule has 0 radical (unpaired) electrons. The summed E-state index contributed by atoms with van der Waals surface area (Å²) in [5.74, 6) is -0.556. The Morgan fingerprint density at radius 3 is 2.64 bits per heavy atom. The number of imide groups is 1. The summed E-state index contributed by atoms with van der Waals surface area (Å²) in [6.45, 7) is 0.508. The smallest absolute Gasteiger partial charge is 0.332 e. The van der Waals surface area contributed by atoms with Gasteiger partial charge in [0.1, 0.15) is 6.54 Å². The van der Waals surface area contributed by atoms with Crippen LogP contribution in [0.1, 0.15) is 6.42 Å². The summed E-state index contributed by atoms with van der Waals surface area (Å²) in [6, 6.07) is -0.790. The van der Waals surface area contributed by atoms with E-state index in [-0.39, 0.29) is 48.7 Å². The van der Waals surface area contributed by atoms with Crippen LogP contribution in [-0.4, -0.2) is 72.0 Å². The summed E-state index contributed by atoms with van der Waals surface area (Å²) in [5.41, 5.74) is -0.644. The van der Waals surface area contributed by atoms with E-state index in [9.17, 15) is 24.0 Å². The van der Waals surface area contributed by atoms with Gasteiger partial charge in [0.25, 0.3) is 5.56 Å². The molecule has 1 unspecified atom stereocenters.